The van der Waals surface area contributed by atoms with Gasteiger partial charge in [-0.15, -0.1) is 0 Å². The largest absolute Gasteiger partial charge is 0.310 e. The van der Waals surface area contributed by atoms with Crippen LogP contribution in [-0.2, 0) is 4.79 Å². The molecule has 0 saturated heterocycles. The standard InChI is InChI=1S/C19H21NO/c1-13-9-10-19-18(11-13)17(16-7-5-4-6-8-16)12-14(2)20(19)15(3)21/h4-11,14,17H,12H2,1-3H3/t14-,17+/m0/s1. The monoisotopic (exact) mass is 279 g/mol. The lowest BCUT2D eigenvalue weighted by molar-refractivity contribution is -0.117. The number of amides is 1. The van der Waals surface area contributed by atoms with Gasteiger partial charge in [0.05, 0.1) is 0 Å². The molecule has 1 heterocycles. The minimum atomic E-state index is 0.124. The molecule has 108 valence electrons. The van der Waals surface area contributed by atoms with Gasteiger partial charge in [-0.3, -0.25) is 4.79 Å². The van der Waals surface area contributed by atoms with E-state index >= 15 is 0 Å². The Morgan fingerprint density at radius 1 is 1.14 bits per heavy atom. The van der Waals surface area contributed by atoms with Crippen molar-refractivity contribution in [1.82, 2.24) is 0 Å². The summed E-state index contributed by atoms with van der Waals surface area (Å²) in [7, 11) is 0. The van der Waals surface area contributed by atoms with E-state index in [0.29, 0.717) is 5.92 Å². The van der Waals surface area contributed by atoms with E-state index in [4.69, 9.17) is 0 Å². The molecule has 21 heavy (non-hydrogen) atoms. The molecule has 2 heteroatoms. The van der Waals surface area contributed by atoms with Gasteiger partial charge in [0.25, 0.3) is 0 Å². The van der Waals surface area contributed by atoms with Crippen molar-refractivity contribution in [2.75, 3.05) is 4.90 Å². The van der Waals surface area contributed by atoms with Gasteiger partial charge < -0.3 is 4.90 Å². The van der Waals surface area contributed by atoms with E-state index in [2.05, 4.69) is 62.4 Å². The Morgan fingerprint density at radius 3 is 2.52 bits per heavy atom. The van der Waals surface area contributed by atoms with Crippen molar-refractivity contribution < 1.29 is 4.79 Å². The molecule has 2 aromatic rings. The van der Waals surface area contributed by atoms with Crippen molar-refractivity contribution >= 4 is 11.6 Å². The predicted molar refractivity (Wildman–Crippen MR) is 86.7 cm³/mol. The summed E-state index contributed by atoms with van der Waals surface area (Å²) in [5, 5.41) is 0. The number of benzene rings is 2. The highest BCUT2D eigenvalue weighted by Crippen LogP contribution is 2.42. The molecule has 3 rings (SSSR count). The molecule has 1 aliphatic heterocycles. The molecule has 0 spiro atoms. The predicted octanol–water partition coefficient (Wildman–Crippen LogP) is 4.27. The maximum atomic E-state index is 12.0. The number of anilines is 1. The van der Waals surface area contributed by atoms with Gasteiger partial charge in [0.2, 0.25) is 5.91 Å². The molecule has 0 unspecified atom stereocenters. The van der Waals surface area contributed by atoms with Crippen molar-refractivity contribution in [2.45, 2.75) is 39.2 Å². The van der Waals surface area contributed by atoms with Crippen molar-refractivity contribution in [3.05, 3.63) is 65.2 Å². The van der Waals surface area contributed by atoms with Gasteiger partial charge >= 0.3 is 0 Å². The van der Waals surface area contributed by atoms with Crippen LogP contribution < -0.4 is 4.90 Å². The topological polar surface area (TPSA) is 20.3 Å². The van der Waals surface area contributed by atoms with Crippen LogP contribution in [-0.4, -0.2) is 11.9 Å². The fourth-order valence-electron chi connectivity index (χ4n) is 3.46. The first-order chi connectivity index (χ1) is 10.1. The quantitative estimate of drug-likeness (QED) is 0.763. The van der Waals surface area contributed by atoms with Crippen LogP contribution in [0.5, 0.6) is 0 Å². The van der Waals surface area contributed by atoms with E-state index in [1.165, 1.54) is 16.7 Å². The molecular weight excluding hydrogens is 258 g/mol. The summed E-state index contributed by atoms with van der Waals surface area (Å²) in [5.74, 6) is 0.491. The number of carbonyl (C=O) groups excluding carboxylic acids is 1. The van der Waals surface area contributed by atoms with E-state index in [0.717, 1.165) is 12.1 Å². The third-order valence-electron chi connectivity index (χ3n) is 4.38. The molecule has 0 aliphatic carbocycles. The summed E-state index contributed by atoms with van der Waals surface area (Å²) in [4.78, 5) is 14.0. The number of hydrogen-bond donors (Lipinski definition) is 0. The average molecular weight is 279 g/mol. The summed E-state index contributed by atoms with van der Waals surface area (Å²) >= 11 is 0. The minimum Gasteiger partial charge on any atom is -0.310 e. The summed E-state index contributed by atoms with van der Waals surface area (Å²) in [6.07, 6.45) is 0.972. The van der Waals surface area contributed by atoms with Crippen LogP contribution in [0.15, 0.2) is 48.5 Å². The molecule has 0 saturated carbocycles. The number of aryl methyl sites for hydroxylation is 1. The Hall–Kier alpha value is -2.09. The highest BCUT2D eigenvalue weighted by Gasteiger charge is 2.32. The maximum absolute atomic E-state index is 12.0. The van der Waals surface area contributed by atoms with Gasteiger partial charge in [0, 0.05) is 24.6 Å². The van der Waals surface area contributed by atoms with Crippen molar-refractivity contribution in [3.63, 3.8) is 0 Å². The highest BCUT2D eigenvalue weighted by molar-refractivity contribution is 5.94. The average Bonchev–Trinajstić information content (AvgIpc) is 2.47. The van der Waals surface area contributed by atoms with E-state index in [1.54, 1.807) is 6.92 Å². The number of hydrogen-bond acceptors (Lipinski definition) is 1. The Kier molecular flexibility index (Phi) is 3.54. The number of rotatable bonds is 1. The normalized spacial score (nSPS) is 21.0. The third-order valence-corrected chi connectivity index (χ3v) is 4.38. The molecule has 0 N–H and O–H groups in total. The molecule has 0 aromatic heterocycles. The van der Waals surface area contributed by atoms with Crippen LogP contribution >= 0.6 is 0 Å². The molecule has 2 atom stereocenters. The van der Waals surface area contributed by atoms with Crippen molar-refractivity contribution in [2.24, 2.45) is 0 Å². The lowest BCUT2D eigenvalue weighted by Crippen LogP contribution is -2.42. The zero-order chi connectivity index (χ0) is 15.0. The van der Waals surface area contributed by atoms with Gasteiger partial charge in [-0.25, -0.2) is 0 Å². The van der Waals surface area contributed by atoms with Crippen LogP contribution in [0.4, 0.5) is 5.69 Å². The molecule has 2 nitrogen and oxygen atoms in total. The van der Waals surface area contributed by atoms with Gasteiger partial charge in [-0.05, 0) is 37.5 Å². The third kappa shape index (κ3) is 2.46. The van der Waals surface area contributed by atoms with Crippen LogP contribution in [0, 0.1) is 6.92 Å². The highest BCUT2D eigenvalue weighted by atomic mass is 16.2. The fourth-order valence-corrected chi connectivity index (χ4v) is 3.46. The molecule has 0 radical (unpaired) electrons. The molecule has 2 aromatic carbocycles. The van der Waals surface area contributed by atoms with Gasteiger partial charge in [-0.1, -0.05) is 48.0 Å². The fraction of sp³-hybridized carbons (Fsp3) is 0.316. The van der Waals surface area contributed by atoms with Crippen molar-refractivity contribution in [1.29, 1.82) is 0 Å². The molecule has 0 fully saturated rings. The van der Waals surface area contributed by atoms with Crippen LogP contribution in [0.1, 0.15) is 42.9 Å². The van der Waals surface area contributed by atoms with E-state index in [-0.39, 0.29) is 11.9 Å². The summed E-state index contributed by atoms with van der Waals surface area (Å²) in [5.41, 5.74) is 4.92. The molecule has 1 amide bonds. The second-order valence-electron chi connectivity index (χ2n) is 6.00. The summed E-state index contributed by atoms with van der Waals surface area (Å²) in [6.45, 7) is 5.90. The number of fused-ring (bicyclic) bond motifs is 1. The minimum absolute atomic E-state index is 0.124. The Morgan fingerprint density at radius 2 is 1.86 bits per heavy atom. The van der Waals surface area contributed by atoms with Gasteiger partial charge in [0.1, 0.15) is 0 Å². The Balaban J connectivity index is 2.15. The smallest absolute Gasteiger partial charge is 0.224 e. The molecule has 1 aliphatic rings. The van der Waals surface area contributed by atoms with Crippen LogP contribution in [0.25, 0.3) is 0 Å². The first-order valence-electron chi connectivity index (χ1n) is 7.53. The molecule has 0 bridgehead atoms. The first kappa shape index (κ1) is 13.9. The van der Waals surface area contributed by atoms with E-state index in [1.807, 2.05) is 4.90 Å². The number of carbonyl (C=O) groups is 1. The van der Waals surface area contributed by atoms with Gasteiger partial charge in [0.15, 0.2) is 0 Å². The lowest BCUT2D eigenvalue weighted by atomic mass is 9.81. The second-order valence-corrected chi connectivity index (χ2v) is 6.00. The zero-order valence-corrected chi connectivity index (χ0v) is 12.8. The van der Waals surface area contributed by atoms with Crippen LogP contribution in [0.3, 0.4) is 0 Å². The van der Waals surface area contributed by atoms with Crippen LogP contribution in [0.2, 0.25) is 0 Å². The van der Waals surface area contributed by atoms with E-state index < -0.39 is 0 Å². The second kappa shape index (κ2) is 5.36. The Bertz CT molecular complexity index is 663. The summed E-state index contributed by atoms with van der Waals surface area (Å²) in [6, 6.07) is 17.2. The first-order valence-corrected chi connectivity index (χ1v) is 7.53. The number of nitrogens with zero attached hydrogens (tertiary/aromatic N) is 1. The van der Waals surface area contributed by atoms with Crippen molar-refractivity contribution in [3.8, 4) is 0 Å². The van der Waals surface area contributed by atoms with Gasteiger partial charge in [-0.2, -0.15) is 0 Å². The lowest BCUT2D eigenvalue weighted by Gasteiger charge is -2.39. The maximum Gasteiger partial charge on any atom is 0.224 e. The Labute approximate surface area is 126 Å². The zero-order valence-electron chi connectivity index (χ0n) is 12.8. The molecular formula is C19H21NO. The SMILES string of the molecule is CC(=O)N1c2ccc(C)cc2[C@@H](c2ccccc2)C[C@@H]1C. The summed E-state index contributed by atoms with van der Waals surface area (Å²) < 4.78 is 0. The van der Waals surface area contributed by atoms with E-state index in [9.17, 15) is 4.79 Å².